The Morgan fingerprint density at radius 2 is 0.886 bits per heavy atom. The molecule has 1 fully saturated rings. The average molecular weight is 978 g/mol. The lowest BCUT2D eigenvalue weighted by atomic mass is 9.99. The van der Waals surface area contributed by atoms with Gasteiger partial charge in [-0.15, -0.1) is 0 Å². The van der Waals surface area contributed by atoms with E-state index in [2.05, 4.69) is 129 Å². The molecular formula is C61H103NO8. The van der Waals surface area contributed by atoms with Crippen molar-refractivity contribution >= 4 is 5.91 Å². The van der Waals surface area contributed by atoms with Crippen LogP contribution in [0.2, 0.25) is 0 Å². The molecule has 7 unspecified atom stereocenters. The highest BCUT2D eigenvalue weighted by Crippen LogP contribution is 2.23. The Kier molecular flexibility index (Phi) is 45.8. The molecule has 7 atom stereocenters. The minimum absolute atomic E-state index is 0.146. The second-order valence-corrected chi connectivity index (χ2v) is 19.0. The zero-order valence-corrected chi connectivity index (χ0v) is 44.2. The number of allylic oxidation sites excluding steroid dienone is 18. The van der Waals surface area contributed by atoms with E-state index < -0.39 is 49.5 Å². The Labute approximate surface area is 427 Å². The highest BCUT2D eigenvalue weighted by atomic mass is 16.7. The average Bonchev–Trinajstić information content (AvgIpc) is 3.36. The number of rotatable bonds is 46. The molecule has 0 aromatic heterocycles. The van der Waals surface area contributed by atoms with E-state index in [1.165, 1.54) is 83.5 Å². The van der Waals surface area contributed by atoms with Gasteiger partial charge in [0.25, 0.3) is 0 Å². The first-order valence-corrected chi connectivity index (χ1v) is 28.1. The van der Waals surface area contributed by atoms with Gasteiger partial charge in [0.1, 0.15) is 24.4 Å². The van der Waals surface area contributed by atoms with E-state index in [4.69, 9.17) is 9.47 Å². The summed E-state index contributed by atoms with van der Waals surface area (Å²) in [4.78, 5) is 13.0. The van der Waals surface area contributed by atoms with E-state index in [1.807, 2.05) is 0 Å². The third-order valence-corrected chi connectivity index (χ3v) is 12.6. The molecule has 9 heteroatoms. The molecule has 1 rings (SSSR count). The number of aliphatic hydroxyl groups excluding tert-OH is 5. The zero-order chi connectivity index (χ0) is 50.8. The molecule has 0 radical (unpaired) electrons. The molecule has 1 aliphatic heterocycles. The summed E-state index contributed by atoms with van der Waals surface area (Å²) in [5.41, 5.74) is 0. The second-order valence-electron chi connectivity index (χ2n) is 19.0. The quantitative estimate of drug-likeness (QED) is 0.0261. The molecule has 0 saturated carbocycles. The lowest BCUT2D eigenvalue weighted by Gasteiger charge is -2.40. The van der Waals surface area contributed by atoms with E-state index in [0.29, 0.717) is 12.8 Å². The van der Waals surface area contributed by atoms with E-state index in [-0.39, 0.29) is 12.5 Å². The molecule has 6 N–H and O–H groups in total. The van der Waals surface area contributed by atoms with E-state index >= 15 is 0 Å². The fourth-order valence-corrected chi connectivity index (χ4v) is 8.21. The summed E-state index contributed by atoms with van der Waals surface area (Å²) in [6.45, 7) is 3.69. The lowest BCUT2D eigenvalue weighted by Crippen LogP contribution is -2.60. The number of amides is 1. The number of ether oxygens (including phenoxy) is 2. The maximum absolute atomic E-state index is 13.0. The van der Waals surface area contributed by atoms with Crippen LogP contribution in [0.4, 0.5) is 0 Å². The topological polar surface area (TPSA) is 149 Å². The van der Waals surface area contributed by atoms with Crippen LogP contribution in [0, 0.1) is 0 Å². The number of hydrogen-bond donors (Lipinski definition) is 6. The normalized spacial score (nSPS) is 20.2. The Morgan fingerprint density at radius 3 is 1.31 bits per heavy atom. The number of hydrogen-bond acceptors (Lipinski definition) is 8. The number of carbonyl (C=O) groups excluding carboxylic acids is 1. The van der Waals surface area contributed by atoms with Gasteiger partial charge in [-0.05, 0) is 83.5 Å². The van der Waals surface area contributed by atoms with Gasteiger partial charge >= 0.3 is 0 Å². The number of aliphatic hydroxyl groups is 5. The molecule has 0 bridgehead atoms. The van der Waals surface area contributed by atoms with Crippen LogP contribution >= 0.6 is 0 Å². The maximum atomic E-state index is 13.0. The van der Waals surface area contributed by atoms with Crippen molar-refractivity contribution in [1.82, 2.24) is 5.32 Å². The van der Waals surface area contributed by atoms with Gasteiger partial charge in [0.2, 0.25) is 5.91 Å². The van der Waals surface area contributed by atoms with Gasteiger partial charge in [-0.3, -0.25) is 4.79 Å². The van der Waals surface area contributed by atoms with Crippen molar-refractivity contribution in [3.63, 3.8) is 0 Å². The summed E-state index contributed by atoms with van der Waals surface area (Å²) < 4.78 is 11.3. The predicted molar refractivity (Wildman–Crippen MR) is 294 cm³/mol. The molecule has 9 nitrogen and oxygen atoms in total. The number of carbonyl (C=O) groups is 1. The number of unbranched alkanes of at least 4 members (excludes halogenated alkanes) is 18. The molecule has 70 heavy (non-hydrogen) atoms. The first-order valence-electron chi connectivity index (χ1n) is 28.1. The highest BCUT2D eigenvalue weighted by molar-refractivity contribution is 5.76. The summed E-state index contributed by atoms with van der Waals surface area (Å²) in [5.74, 6) is -0.157. The van der Waals surface area contributed by atoms with Crippen molar-refractivity contribution in [2.45, 2.75) is 256 Å². The van der Waals surface area contributed by atoms with Crippen molar-refractivity contribution in [1.29, 1.82) is 0 Å². The van der Waals surface area contributed by atoms with Crippen molar-refractivity contribution < 1.29 is 39.8 Å². The fourth-order valence-electron chi connectivity index (χ4n) is 8.21. The maximum Gasteiger partial charge on any atom is 0.220 e. The first kappa shape index (κ1) is 64.9. The van der Waals surface area contributed by atoms with Crippen LogP contribution in [-0.4, -0.2) is 87.5 Å². The molecule has 0 aliphatic carbocycles. The monoisotopic (exact) mass is 978 g/mol. The highest BCUT2D eigenvalue weighted by Gasteiger charge is 2.44. The van der Waals surface area contributed by atoms with Crippen LogP contribution < -0.4 is 5.32 Å². The molecule has 1 saturated heterocycles. The molecule has 400 valence electrons. The molecule has 1 heterocycles. The second kappa shape index (κ2) is 49.4. The van der Waals surface area contributed by atoms with Crippen LogP contribution in [0.15, 0.2) is 109 Å². The number of nitrogens with one attached hydrogen (secondary N) is 1. The predicted octanol–water partition coefficient (Wildman–Crippen LogP) is 13.8. The van der Waals surface area contributed by atoms with E-state index in [1.54, 1.807) is 0 Å². The Balaban J connectivity index is 2.13. The van der Waals surface area contributed by atoms with E-state index in [9.17, 15) is 30.3 Å². The minimum Gasteiger partial charge on any atom is -0.394 e. The van der Waals surface area contributed by atoms with Gasteiger partial charge < -0.3 is 40.3 Å². The summed E-state index contributed by atoms with van der Waals surface area (Å²) in [5, 5.41) is 54.4. The van der Waals surface area contributed by atoms with Gasteiger partial charge in [-0.25, -0.2) is 0 Å². The largest absolute Gasteiger partial charge is 0.394 e. The summed E-state index contributed by atoms with van der Waals surface area (Å²) in [6.07, 6.45) is 65.5. The third kappa shape index (κ3) is 38.5. The lowest BCUT2D eigenvalue weighted by molar-refractivity contribution is -0.302. The smallest absolute Gasteiger partial charge is 0.220 e. The Bertz CT molecular complexity index is 1460. The Hall–Kier alpha value is -3.15. The standard InChI is InChI=1S/C61H103NO8/c1-3-5-7-9-11-13-15-16-17-18-19-20-21-22-23-24-25-26-27-28-29-30-31-32-33-34-35-36-37-38-39-40-41-43-45-47-49-51-57(65)62-54(53-69-61-60(68)59(67)58(66)56(52-63)70-61)55(64)50-48-46-44-42-14-12-10-8-6-4-2/h5,7,11,13,16-17,19-20,22-23,25-26,28-29,31-32,34-35,54-56,58-61,63-64,66-68H,3-4,6,8-10,12,14-15,18,21,24,27,30,33,36-53H2,1-2H3,(H,62,65)/b7-5-,13-11-,17-16-,20-19-,23-22-,26-25-,29-28-,32-31-,35-34-. The van der Waals surface area contributed by atoms with E-state index in [0.717, 1.165) is 103 Å². The van der Waals surface area contributed by atoms with Crippen LogP contribution in [0.1, 0.15) is 213 Å². The van der Waals surface area contributed by atoms with Gasteiger partial charge in [-0.2, -0.15) is 0 Å². The summed E-state index contributed by atoms with van der Waals surface area (Å²) in [6, 6.07) is -0.727. The van der Waals surface area contributed by atoms with Crippen molar-refractivity contribution in [3.8, 4) is 0 Å². The first-order chi connectivity index (χ1) is 34.3. The zero-order valence-electron chi connectivity index (χ0n) is 44.2. The van der Waals surface area contributed by atoms with Crippen molar-refractivity contribution in [3.05, 3.63) is 109 Å². The molecular weight excluding hydrogens is 875 g/mol. The molecule has 1 amide bonds. The van der Waals surface area contributed by atoms with Crippen molar-refractivity contribution in [2.24, 2.45) is 0 Å². The molecule has 0 aromatic carbocycles. The van der Waals surface area contributed by atoms with Crippen LogP contribution in [0.5, 0.6) is 0 Å². The van der Waals surface area contributed by atoms with Crippen LogP contribution in [0.25, 0.3) is 0 Å². The van der Waals surface area contributed by atoms with Gasteiger partial charge in [-0.1, -0.05) is 232 Å². The van der Waals surface area contributed by atoms with Gasteiger partial charge in [0, 0.05) is 6.42 Å². The van der Waals surface area contributed by atoms with Crippen molar-refractivity contribution in [2.75, 3.05) is 13.2 Å². The van der Waals surface area contributed by atoms with Gasteiger partial charge in [0.05, 0.1) is 25.4 Å². The van der Waals surface area contributed by atoms with Crippen LogP contribution in [0.3, 0.4) is 0 Å². The Morgan fingerprint density at radius 1 is 0.500 bits per heavy atom. The molecule has 0 spiro atoms. The molecule has 0 aromatic rings. The third-order valence-electron chi connectivity index (χ3n) is 12.6. The molecule has 1 aliphatic rings. The SMILES string of the molecule is CC/C=C\C/C=C\C/C=C\C/C=C\C/C=C\C/C=C\C/C=C\C/C=C\C/C=C\CCCCCCCCCCCC(=O)NC(COC1OC(CO)C(O)C(O)C1O)C(O)CCCCCCCCCCCC. The fraction of sp³-hybridized carbons (Fsp3) is 0.689. The summed E-state index contributed by atoms with van der Waals surface area (Å²) in [7, 11) is 0. The minimum atomic E-state index is -1.56. The van der Waals surface area contributed by atoms with Gasteiger partial charge in [0.15, 0.2) is 6.29 Å². The van der Waals surface area contributed by atoms with Crippen LogP contribution in [-0.2, 0) is 14.3 Å². The summed E-state index contributed by atoms with van der Waals surface area (Å²) >= 11 is 0.